The van der Waals surface area contributed by atoms with Crippen LogP contribution in [0.5, 0.6) is 0 Å². The monoisotopic (exact) mass is 394 g/mol. The number of carbonyl (C=O) groups is 2. The van der Waals surface area contributed by atoms with E-state index in [1.807, 2.05) is 35.2 Å². The van der Waals surface area contributed by atoms with Crippen LogP contribution in [0.4, 0.5) is 10.5 Å². The molecule has 2 aliphatic rings. The van der Waals surface area contributed by atoms with Crippen molar-refractivity contribution in [3.8, 4) is 0 Å². The summed E-state index contributed by atoms with van der Waals surface area (Å²) in [6.45, 7) is 2.43. The normalized spacial score (nSPS) is 16.4. The highest BCUT2D eigenvalue weighted by atomic mass is 35.5. The van der Waals surface area contributed by atoms with Crippen molar-refractivity contribution in [1.29, 1.82) is 0 Å². The van der Waals surface area contributed by atoms with Crippen LogP contribution in [0, 0.1) is 0 Å². The molecule has 6 nitrogen and oxygen atoms in total. The lowest BCUT2D eigenvalue weighted by atomic mass is 10.0. The smallest absolute Gasteiger partial charge is 0.321 e. The van der Waals surface area contributed by atoms with Crippen molar-refractivity contribution in [2.45, 2.75) is 13.0 Å². The van der Waals surface area contributed by atoms with Crippen LogP contribution in [0.3, 0.4) is 0 Å². The number of H-pyrrole nitrogens is 1. The second-order valence-corrected chi connectivity index (χ2v) is 7.62. The maximum atomic E-state index is 13.2. The molecule has 0 saturated carbocycles. The fourth-order valence-corrected chi connectivity index (χ4v) is 4.24. The summed E-state index contributed by atoms with van der Waals surface area (Å²) in [5.41, 5.74) is 4.69. The van der Waals surface area contributed by atoms with Gasteiger partial charge in [-0.1, -0.05) is 17.7 Å². The molecule has 1 saturated heterocycles. The van der Waals surface area contributed by atoms with E-state index >= 15 is 0 Å². The zero-order chi connectivity index (χ0) is 19.3. The lowest BCUT2D eigenvalue weighted by molar-refractivity contribution is 0.0735. The second kappa shape index (κ2) is 6.56. The zero-order valence-electron chi connectivity index (χ0n) is 15.2. The third-order valence-corrected chi connectivity index (χ3v) is 5.72. The molecule has 0 spiro atoms. The van der Waals surface area contributed by atoms with Crippen LogP contribution in [0.25, 0.3) is 10.9 Å². The molecule has 3 amide bonds. The Morgan fingerprint density at radius 1 is 1.11 bits per heavy atom. The van der Waals surface area contributed by atoms with Gasteiger partial charge in [-0.2, -0.15) is 0 Å². The first-order valence-electron chi connectivity index (χ1n) is 9.34. The lowest BCUT2D eigenvalue weighted by Crippen LogP contribution is -2.36. The third kappa shape index (κ3) is 2.81. The Labute approximate surface area is 167 Å². The van der Waals surface area contributed by atoms with E-state index in [1.165, 1.54) is 5.69 Å². The van der Waals surface area contributed by atoms with Crippen LogP contribution < -0.4 is 10.2 Å². The maximum Gasteiger partial charge on any atom is 0.321 e. The van der Waals surface area contributed by atoms with Crippen LogP contribution in [-0.4, -0.2) is 41.5 Å². The molecule has 142 valence electrons. The van der Waals surface area contributed by atoms with Gasteiger partial charge in [0, 0.05) is 71.0 Å². The number of anilines is 1. The number of urea groups is 1. The highest BCUT2D eigenvalue weighted by molar-refractivity contribution is 6.31. The Morgan fingerprint density at radius 2 is 2.00 bits per heavy atom. The van der Waals surface area contributed by atoms with Gasteiger partial charge in [0.15, 0.2) is 0 Å². The second-order valence-electron chi connectivity index (χ2n) is 7.18. The molecular formula is C21H19ClN4O2. The largest absolute Gasteiger partial charge is 0.358 e. The Hall–Kier alpha value is -2.99. The molecule has 1 fully saturated rings. The molecule has 0 bridgehead atoms. The fourth-order valence-electron chi connectivity index (χ4n) is 4.07. The van der Waals surface area contributed by atoms with Crippen molar-refractivity contribution in [2.24, 2.45) is 0 Å². The van der Waals surface area contributed by atoms with Crippen LogP contribution in [-0.2, 0) is 13.0 Å². The highest BCUT2D eigenvalue weighted by Crippen LogP contribution is 2.30. The quantitative estimate of drug-likeness (QED) is 0.698. The predicted octanol–water partition coefficient (Wildman–Crippen LogP) is 3.55. The average Bonchev–Trinajstić information content (AvgIpc) is 3.30. The van der Waals surface area contributed by atoms with Gasteiger partial charge >= 0.3 is 6.03 Å². The number of hydrogen-bond acceptors (Lipinski definition) is 2. The summed E-state index contributed by atoms with van der Waals surface area (Å²) in [5.74, 6) is -0.0246. The molecule has 3 heterocycles. The highest BCUT2D eigenvalue weighted by Gasteiger charge is 2.26. The van der Waals surface area contributed by atoms with E-state index < -0.39 is 0 Å². The van der Waals surface area contributed by atoms with Crippen molar-refractivity contribution in [3.63, 3.8) is 0 Å². The summed E-state index contributed by atoms with van der Waals surface area (Å²) in [7, 11) is 0. The van der Waals surface area contributed by atoms with E-state index in [1.54, 1.807) is 17.0 Å². The summed E-state index contributed by atoms with van der Waals surface area (Å²) >= 11 is 6.17. The molecule has 0 unspecified atom stereocenters. The molecule has 5 rings (SSSR count). The minimum absolute atomic E-state index is 0.0246. The van der Waals surface area contributed by atoms with E-state index in [0.717, 1.165) is 28.6 Å². The number of aromatic nitrogens is 1. The summed E-state index contributed by atoms with van der Waals surface area (Å²) < 4.78 is 0. The molecule has 28 heavy (non-hydrogen) atoms. The van der Waals surface area contributed by atoms with Crippen LogP contribution in [0.1, 0.15) is 21.6 Å². The van der Waals surface area contributed by atoms with Crippen molar-refractivity contribution < 1.29 is 9.59 Å². The van der Waals surface area contributed by atoms with Crippen LogP contribution in [0.2, 0.25) is 5.02 Å². The average molecular weight is 395 g/mol. The molecule has 3 aromatic rings. The lowest BCUT2D eigenvalue weighted by Gasteiger charge is -2.27. The molecule has 0 aliphatic carbocycles. The summed E-state index contributed by atoms with van der Waals surface area (Å²) in [4.78, 5) is 32.0. The molecule has 0 radical (unpaired) electrons. The summed E-state index contributed by atoms with van der Waals surface area (Å²) in [5, 5.41) is 4.55. The van der Waals surface area contributed by atoms with Gasteiger partial charge in [-0.15, -0.1) is 0 Å². The van der Waals surface area contributed by atoms with Gasteiger partial charge in [0.25, 0.3) is 5.91 Å². The number of halogens is 1. The molecular weight excluding hydrogens is 376 g/mol. The van der Waals surface area contributed by atoms with Gasteiger partial charge in [-0.05, 0) is 36.4 Å². The predicted molar refractivity (Wildman–Crippen MR) is 109 cm³/mol. The van der Waals surface area contributed by atoms with Gasteiger partial charge in [0.05, 0.1) is 0 Å². The number of fused-ring (bicyclic) bond motifs is 3. The van der Waals surface area contributed by atoms with Crippen molar-refractivity contribution in [1.82, 2.24) is 15.2 Å². The molecule has 7 heteroatoms. The minimum Gasteiger partial charge on any atom is -0.358 e. The van der Waals surface area contributed by atoms with Crippen LogP contribution >= 0.6 is 11.6 Å². The van der Waals surface area contributed by atoms with Gasteiger partial charge in [-0.25, -0.2) is 4.79 Å². The number of nitrogens with zero attached hydrogens (tertiary/aromatic N) is 2. The van der Waals surface area contributed by atoms with E-state index in [2.05, 4.69) is 10.3 Å². The summed E-state index contributed by atoms with van der Waals surface area (Å²) in [6, 6.07) is 13.0. The number of carbonyl (C=O) groups excluding carboxylic acids is 2. The number of nitrogens with one attached hydrogen (secondary N) is 2. The Balaban J connectivity index is 1.43. The van der Waals surface area contributed by atoms with Crippen molar-refractivity contribution >= 4 is 40.1 Å². The Bertz CT molecular complexity index is 1110. The molecule has 2 aliphatic heterocycles. The van der Waals surface area contributed by atoms with Gasteiger partial charge < -0.3 is 15.2 Å². The van der Waals surface area contributed by atoms with Gasteiger partial charge in [0.2, 0.25) is 0 Å². The molecule has 2 N–H and O–H groups in total. The first kappa shape index (κ1) is 17.1. The first-order chi connectivity index (χ1) is 13.6. The fraction of sp³-hybridized carbons (Fsp3) is 0.238. The number of benzene rings is 2. The van der Waals surface area contributed by atoms with Crippen LogP contribution in [0.15, 0.2) is 42.5 Å². The molecule has 2 aromatic carbocycles. The molecule has 0 atom stereocenters. The van der Waals surface area contributed by atoms with Gasteiger partial charge in [-0.3, -0.25) is 9.69 Å². The number of amides is 3. The standard InChI is InChI=1S/C21H19ClN4O2/c22-14-4-5-18-16(11-14)17-12-25(8-6-19(17)24-18)20(27)13-2-1-3-15(10-13)26-9-7-23-21(26)28/h1-5,10-11,24H,6-9,12H2,(H,23,28). The third-order valence-electron chi connectivity index (χ3n) is 5.49. The molecule has 1 aromatic heterocycles. The summed E-state index contributed by atoms with van der Waals surface area (Å²) in [6.07, 6.45) is 0.779. The SMILES string of the molecule is O=C(c1cccc(N2CCNC2=O)c1)N1CCc2[nH]c3ccc(Cl)cc3c2C1. The number of rotatable bonds is 2. The number of hydrogen-bond donors (Lipinski definition) is 2. The minimum atomic E-state index is -0.122. The van der Waals surface area contributed by atoms with E-state index in [0.29, 0.717) is 36.8 Å². The number of aromatic amines is 1. The first-order valence-corrected chi connectivity index (χ1v) is 9.71. The Kier molecular flexibility index (Phi) is 4.02. The van der Waals surface area contributed by atoms with Crippen molar-refractivity contribution in [3.05, 3.63) is 64.3 Å². The topological polar surface area (TPSA) is 68.4 Å². The van der Waals surface area contributed by atoms with E-state index in [-0.39, 0.29) is 11.9 Å². The van der Waals surface area contributed by atoms with E-state index in [4.69, 9.17) is 11.6 Å². The maximum absolute atomic E-state index is 13.2. The van der Waals surface area contributed by atoms with E-state index in [9.17, 15) is 9.59 Å². The van der Waals surface area contributed by atoms with Gasteiger partial charge in [0.1, 0.15) is 0 Å². The Morgan fingerprint density at radius 3 is 2.82 bits per heavy atom. The van der Waals surface area contributed by atoms with Crippen molar-refractivity contribution in [2.75, 3.05) is 24.5 Å². The zero-order valence-corrected chi connectivity index (χ0v) is 15.9.